The molecule has 2 aromatic heterocycles. The Balaban J connectivity index is 1.59. The highest BCUT2D eigenvalue weighted by Crippen LogP contribution is 2.20. The predicted octanol–water partition coefficient (Wildman–Crippen LogP) is 3.11. The van der Waals surface area contributed by atoms with E-state index in [4.69, 9.17) is 0 Å². The molecule has 29 heavy (non-hydrogen) atoms. The molecule has 11 heteroatoms. The summed E-state index contributed by atoms with van der Waals surface area (Å²) >= 11 is 2.54. The number of thioether (sulfide) groups is 1. The minimum atomic E-state index is -0.412. The lowest BCUT2D eigenvalue weighted by Gasteiger charge is -2.09. The molecule has 152 valence electrons. The molecule has 8 nitrogen and oxygen atoms in total. The van der Waals surface area contributed by atoms with E-state index >= 15 is 0 Å². The van der Waals surface area contributed by atoms with Gasteiger partial charge in [-0.2, -0.15) is 0 Å². The van der Waals surface area contributed by atoms with Gasteiger partial charge in [0.1, 0.15) is 11.6 Å². The highest BCUT2D eigenvalue weighted by Gasteiger charge is 2.17. The van der Waals surface area contributed by atoms with Crippen molar-refractivity contribution in [1.29, 1.82) is 0 Å². The number of nitrogens with zero attached hydrogens (tertiary/aromatic N) is 4. The number of carbonyl (C=O) groups is 2. The Kier molecular flexibility index (Phi) is 6.94. The van der Waals surface area contributed by atoms with Crippen LogP contribution in [0.5, 0.6) is 0 Å². The van der Waals surface area contributed by atoms with Crippen molar-refractivity contribution in [3.8, 4) is 0 Å². The van der Waals surface area contributed by atoms with Crippen molar-refractivity contribution in [1.82, 2.24) is 19.7 Å². The molecule has 0 bridgehead atoms. The average molecular weight is 435 g/mol. The van der Waals surface area contributed by atoms with E-state index in [2.05, 4.69) is 25.8 Å². The van der Waals surface area contributed by atoms with E-state index in [9.17, 15) is 14.0 Å². The zero-order chi connectivity index (χ0) is 20.8. The summed E-state index contributed by atoms with van der Waals surface area (Å²) in [6.07, 6.45) is 1.66. The monoisotopic (exact) mass is 434 g/mol. The second-order valence-electron chi connectivity index (χ2n) is 6.00. The Bertz CT molecular complexity index is 1010. The lowest BCUT2D eigenvalue weighted by Crippen LogP contribution is -2.18. The van der Waals surface area contributed by atoms with Crippen molar-refractivity contribution in [2.45, 2.75) is 32.0 Å². The Hall–Kier alpha value is -2.79. The van der Waals surface area contributed by atoms with Crippen molar-refractivity contribution in [3.05, 3.63) is 47.0 Å². The number of nitrogens with one attached hydrogen (secondary N) is 2. The van der Waals surface area contributed by atoms with Gasteiger partial charge in [-0.1, -0.05) is 17.8 Å². The number of halogens is 1. The van der Waals surface area contributed by atoms with Gasteiger partial charge in [0.2, 0.25) is 11.8 Å². The Morgan fingerprint density at radius 3 is 2.79 bits per heavy atom. The van der Waals surface area contributed by atoms with E-state index in [1.54, 1.807) is 29.1 Å². The van der Waals surface area contributed by atoms with Gasteiger partial charge in [0, 0.05) is 23.8 Å². The summed E-state index contributed by atoms with van der Waals surface area (Å²) in [5, 5.41) is 16.4. The fourth-order valence-corrected chi connectivity index (χ4v) is 3.88. The van der Waals surface area contributed by atoms with Crippen LogP contribution in [0.3, 0.4) is 0 Å². The van der Waals surface area contributed by atoms with Crippen LogP contribution in [0, 0.1) is 12.7 Å². The largest absolute Gasteiger partial charge is 0.325 e. The van der Waals surface area contributed by atoms with Gasteiger partial charge < -0.3 is 15.2 Å². The van der Waals surface area contributed by atoms with E-state index in [0.29, 0.717) is 28.3 Å². The highest BCUT2D eigenvalue weighted by atomic mass is 32.2. The van der Waals surface area contributed by atoms with Crippen LogP contribution in [0.25, 0.3) is 0 Å². The van der Waals surface area contributed by atoms with E-state index in [1.165, 1.54) is 35.2 Å². The Morgan fingerprint density at radius 2 is 2.07 bits per heavy atom. The van der Waals surface area contributed by atoms with Gasteiger partial charge in [-0.3, -0.25) is 9.59 Å². The fraction of sp³-hybridized carbons (Fsp3) is 0.278. The third-order valence-corrected chi connectivity index (χ3v) is 5.57. The lowest BCUT2D eigenvalue weighted by atomic mass is 10.2. The predicted molar refractivity (Wildman–Crippen MR) is 111 cm³/mol. The highest BCUT2D eigenvalue weighted by molar-refractivity contribution is 7.99. The van der Waals surface area contributed by atoms with Gasteiger partial charge in [0.25, 0.3) is 0 Å². The quantitative estimate of drug-likeness (QED) is 0.528. The zero-order valence-corrected chi connectivity index (χ0v) is 17.4. The summed E-state index contributed by atoms with van der Waals surface area (Å²) in [4.78, 5) is 28.4. The Morgan fingerprint density at radius 1 is 1.24 bits per heavy atom. The van der Waals surface area contributed by atoms with E-state index in [-0.39, 0.29) is 24.0 Å². The maximum Gasteiger partial charge on any atom is 0.234 e. The van der Waals surface area contributed by atoms with Crippen molar-refractivity contribution >= 4 is 45.7 Å². The minimum Gasteiger partial charge on any atom is -0.325 e. The molecule has 2 amide bonds. The first kappa shape index (κ1) is 20.9. The number of anilines is 2. The first-order valence-electron chi connectivity index (χ1n) is 8.76. The van der Waals surface area contributed by atoms with Crippen molar-refractivity contribution in [3.63, 3.8) is 0 Å². The molecule has 3 rings (SSSR count). The first-order chi connectivity index (χ1) is 14.0. The maximum absolute atomic E-state index is 13.4. The Labute approximate surface area is 174 Å². The molecule has 0 aliphatic heterocycles. The van der Waals surface area contributed by atoms with Crippen LogP contribution in [-0.2, 0) is 22.6 Å². The van der Waals surface area contributed by atoms with Gasteiger partial charge >= 0.3 is 0 Å². The second kappa shape index (κ2) is 9.61. The number of aromatic nitrogens is 4. The van der Waals surface area contributed by atoms with E-state index < -0.39 is 5.82 Å². The van der Waals surface area contributed by atoms with Gasteiger partial charge in [-0.15, -0.1) is 21.5 Å². The van der Waals surface area contributed by atoms with Crippen LogP contribution < -0.4 is 10.6 Å². The summed E-state index contributed by atoms with van der Waals surface area (Å²) in [5.41, 5.74) is 1.21. The van der Waals surface area contributed by atoms with Gasteiger partial charge in [0.05, 0.1) is 12.2 Å². The molecule has 0 saturated heterocycles. The minimum absolute atomic E-state index is 0.0513. The number of benzene rings is 1. The number of thiazole rings is 1. The first-order valence-corrected chi connectivity index (χ1v) is 10.6. The number of hydrogen-bond donors (Lipinski definition) is 2. The molecule has 0 unspecified atom stereocenters. The van der Waals surface area contributed by atoms with Gasteiger partial charge in [0.15, 0.2) is 10.3 Å². The van der Waals surface area contributed by atoms with Gasteiger partial charge in [-0.25, -0.2) is 9.37 Å². The van der Waals surface area contributed by atoms with E-state index in [1.807, 2.05) is 6.92 Å². The van der Waals surface area contributed by atoms with Gasteiger partial charge in [-0.05, 0) is 31.5 Å². The molecule has 0 fully saturated rings. The SMILES string of the molecule is CCn1c(CC(=O)Nc2nccs2)nnc1SCC(=O)Nc1cc(F)ccc1C. The molecule has 0 atom stereocenters. The molecular weight excluding hydrogens is 415 g/mol. The van der Waals surface area contributed by atoms with Crippen LogP contribution in [0.4, 0.5) is 15.2 Å². The smallest absolute Gasteiger partial charge is 0.234 e. The summed E-state index contributed by atoms with van der Waals surface area (Å²) in [7, 11) is 0. The number of rotatable bonds is 8. The van der Waals surface area contributed by atoms with Crippen LogP contribution in [0.15, 0.2) is 34.9 Å². The molecule has 0 aliphatic carbocycles. The zero-order valence-electron chi connectivity index (χ0n) is 15.8. The van der Waals surface area contributed by atoms with Crippen LogP contribution in [-0.4, -0.2) is 37.3 Å². The van der Waals surface area contributed by atoms with Crippen LogP contribution >= 0.6 is 23.1 Å². The molecular formula is C18H19FN6O2S2. The van der Waals surface area contributed by atoms with Crippen molar-refractivity contribution in [2.75, 3.05) is 16.4 Å². The maximum atomic E-state index is 13.4. The number of carbonyl (C=O) groups excluding carboxylic acids is 2. The molecule has 3 aromatic rings. The fourth-order valence-electron chi connectivity index (χ4n) is 2.51. The summed E-state index contributed by atoms with van der Waals surface area (Å²) in [6, 6.07) is 4.23. The third kappa shape index (κ3) is 5.61. The van der Waals surface area contributed by atoms with Crippen LogP contribution in [0.1, 0.15) is 18.3 Å². The summed E-state index contributed by atoms with van der Waals surface area (Å²) < 4.78 is 15.1. The second-order valence-corrected chi connectivity index (χ2v) is 7.84. The van der Waals surface area contributed by atoms with E-state index in [0.717, 1.165) is 5.56 Å². The number of amides is 2. The molecule has 2 N–H and O–H groups in total. The summed E-state index contributed by atoms with van der Waals surface area (Å²) in [6.45, 7) is 4.25. The molecule has 0 aliphatic rings. The summed E-state index contributed by atoms with van der Waals surface area (Å²) in [5.74, 6) is -0.343. The topological polar surface area (TPSA) is 102 Å². The number of hydrogen-bond acceptors (Lipinski definition) is 7. The molecule has 0 spiro atoms. The standard InChI is InChI=1S/C18H19FN6O2S2/c1-3-25-14(9-15(26)22-17-20-6-7-28-17)23-24-18(25)29-10-16(27)21-13-8-12(19)5-4-11(13)2/h4-8H,3,9-10H2,1-2H3,(H,21,27)(H,20,22,26). The lowest BCUT2D eigenvalue weighted by molar-refractivity contribution is -0.116. The normalized spacial score (nSPS) is 10.7. The molecule has 0 radical (unpaired) electrons. The third-order valence-electron chi connectivity index (χ3n) is 3.91. The van der Waals surface area contributed by atoms with Crippen molar-refractivity contribution in [2.24, 2.45) is 0 Å². The molecule has 2 heterocycles. The average Bonchev–Trinajstić information content (AvgIpc) is 3.32. The molecule has 0 saturated carbocycles. The van der Waals surface area contributed by atoms with Crippen molar-refractivity contribution < 1.29 is 14.0 Å². The van der Waals surface area contributed by atoms with Crippen LogP contribution in [0.2, 0.25) is 0 Å². The number of aryl methyl sites for hydroxylation is 1. The molecule has 1 aromatic carbocycles.